The molecule has 1 unspecified atom stereocenters. The van der Waals surface area contributed by atoms with Crippen LogP contribution in [0.2, 0.25) is 0 Å². The molecule has 4 heteroatoms. The summed E-state index contributed by atoms with van der Waals surface area (Å²) in [5.74, 6) is 0.737. The molecule has 2 saturated carbocycles. The minimum Gasteiger partial charge on any atom is -0.368 e. The van der Waals surface area contributed by atoms with Gasteiger partial charge in [0.2, 0.25) is 5.91 Å². The van der Waals surface area contributed by atoms with Crippen LogP contribution in [0.3, 0.4) is 0 Å². The molecule has 3 fully saturated rings. The molecule has 0 aromatic carbocycles. The first-order valence-corrected chi connectivity index (χ1v) is 10.0. The topological polar surface area (TPSA) is 49.6 Å². The zero-order valence-electron chi connectivity index (χ0n) is 14.7. The normalized spacial score (nSPS) is 27.3. The fourth-order valence-corrected chi connectivity index (χ4v) is 5.06. The van der Waals surface area contributed by atoms with Crippen molar-refractivity contribution >= 4 is 5.91 Å². The van der Waals surface area contributed by atoms with Crippen LogP contribution in [0.4, 0.5) is 0 Å². The van der Waals surface area contributed by atoms with Crippen LogP contribution in [-0.4, -0.2) is 54.0 Å². The molecule has 1 saturated heterocycles. The van der Waals surface area contributed by atoms with Crippen molar-refractivity contribution in [1.29, 1.82) is 0 Å². The Morgan fingerprint density at radius 1 is 0.913 bits per heavy atom. The standard InChI is InChI=1S/C19H35N3O/c20-19(23)18(11-10-16-6-2-1-3-7-16)22-14-12-21(13-15-22)17-8-4-5-9-17/h16-18H,1-15H2,(H2,20,23). The van der Waals surface area contributed by atoms with Gasteiger partial charge in [-0.25, -0.2) is 0 Å². The van der Waals surface area contributed by atoms with E-state index in [4.69, 9.17) is 5.73 Å². The zero-order valence-corrected chi connectivity index (χ0v) is 14.7. The molecule has 2 N–H and O–H groups in total. The number of amides is 1. The summed E-state index contributed by atoms with van der Waals surface area (Å²) < 4.78 is 0. The summed E-state index contributed by atoms with van der Waals surface area (Å²) in [6, 6.07) is 0.786. The van der Waals surface area contributed by atoms with E-state index in [1.807, 2.05) is 0 Å². The highest BCUT2D eigenvalue weighted by atomic mass is 16.1. The molecule has 23 heavy (non-hydrogen) atoms. The van der Waals surface area contributed by atoms with Gasteiger partial charge >= 0.3 is 0 Å². The summed E-state index contributed by atoms with van der Waals surface area (Å²) in [6.45, 7) is 4.29. The molecule has 1 amide bonds. The lowest BCUT2D eigenvalue weighted by Gasteiger charge is -2.41. The highest BCUT2D eigenvalue weighted by Crippen LogP contribution is 2.29. The number of nitrogens with two attached hydrogens (primary N) is 1. The van der Waals surface area contributed by atoms with Crippen molar-refractivity contribution in [2.75, 3.05) is 26.2 Å². The number of hydrogen-bond acceptors (Lipinski definition) is 3. The minimum absolute atomic E-state index is 0.0253. The highest BCUT2D eigenvalue weighted by molar-refractivity contribution is 5.79. The average molecular weight is 322 g/mol. The van der Waals surface area contributed by atoms with E-state index >= 15 is 0 Å². The van der Waals surface area contributed by atoms with Gasteiger partial charge in [0.1, 0.15) is 0 Å². The lowest BCUT2D eigenvalue weighted by atomic mass is 9.85. The van der Waals surface area contributed by atoms with Crippen molar-refractivity contribution in [2.45, 2.75) is 82.7 Å². The van der Waals surface area contributed by atoms with Gasteiger partial charge in [-0.15, -0.1) is 0 Å². The Hall–Kier alpha value is -0.610. The molecule has 0 aromatic rings. The predicted molar refractivity (Wildman–Crippen MR) is 94.2 cm³/mol. The van der Waals surface area contributed by atoms with E-state index in [0.29, 0.717) is 0 Å². The molecular weight excluding hydrogens is 286 g/mol. The van der Waals surface area contributed by atoms with Gasteiger partial charge in [0.15, 0.2) is 0 Å². The van der Waals surface area contributed by atoms with Crippen molar-refractivity contribution in [3.05, 3.63) is 0 Å². The number of carbonyl (C=O) groups is 1. The Kier molecular flexibility index (Phi) is 6.35. The molecular formula is C19H35N3O. The summed E-state index contributed by atoms with van der Waals surface area (Å²) in [6.07, 6.45) is 14.6. The molecule has 3 rings (SSSR count). The number of hydrogen-bond donors (Lipinski definition) is 1. The molecule has 0 spiro atoms. The molecule has 1 atom stereocenters. The summed E-state index contributed by atoms with van der Waals surface area (Å²) in [5.41, 5.74) is 5.75. The molecule has 1 aliphatic heterocycles. The maximum atomic E-state index is 12.0. The second kappa shape index (κ2) is 8.48. The summed E-state index contributed by atoms with van der Waals surface area (Å²) in [5, 5.41) is 0. The van der Waals surface area contributed by atoms with Crippen molar-refractivity contribution < 1.29 is 4.79 Å². The monoisotopic (exact) mass is 321 g/mol. The van der Waals surface area contributed by atoms with E-state index in [1.54, 1.807) is 0 Å². The van der Waals surface area contributed by atoms with Crippen molar-refractivity contribution in [3.63, 3.8) is 0 Å². The van der Waals surface area contributed by atoms with Crippen LogP contribution in [-0.2, 0) is 4.79 Å². The minimum atomic E-state index is -0.102. The maximum Gasteiger partial charge on any atom is 0.234 e. The van der Waals surface area contributed by atoms with E-state index in [1.165, 1.54) is 64.2 Å². The van der Waals surface area contributed by atoms with E-state index < -0.39 is 0 Å². The highest BCUT2D eigenvalue weighted by Gasteiger charge is 2.31. The van der Waals surface area contributed by atoms with Crippen molar-refractivity contribution in [3.8, 4) is 0 Å². The van der Waals surface area contributed by atoms with Gasteiger partial charge in [-0.05, 0) is 31.6 Å². The third kappa shape index (κ3) is 4.69. The van der Waals surface area contributed by atoms with Gasteiger partial charge in [0, 0.05) is 32.2 Å². The van der Waals surface area contributed by atoms with Gasteiger partial charge in [0.25, 0.3) is 0 Å². The summed E-state index contributed by atoms with van der Waals surface area (Å²) in [7, 11) is 0. The quantitative estimate of drug-likeness (QED) is 0.818. The zero-order chi connectivity index (χ0) is 16.1. The van der Waals surface area contributed by atoms with Gasteiger partial charge in [0.05, 0.1) is 6.04 Å². The van der Waals surface area contributed by atoms with Crippen molar-refractivity contribution in [1.82, 2.24) is 9.80 Å². The fraction of sp³-hybridized carbons (Fsp3) is 0.947. The molecule has 0 bridgehead atoms. The molecule has 0 radical (unpaired) electrons. The summed E-state index contributed by atoms with van der Waals surface area (Å²) in [4.78, 5) is 17.0. The molecule has 1 heterocycles. The predicted octanol–water partition coefficient (Wildman–Crippen LogP) is 2.76. The molecule has 2 aliphatic carbocycles. The first-order valence-electron chi connectivity index (χ1n) is 10.0. The number of rotatable bonds is 6. The fourth-order valence-electron chi connectivity index (χ4n) is 5.06. The Balaban J connectivity index is 1.45. The van der Waals surface area contributed by atoms with E-state index in [9.17, 15) is 4.79 Å². The Morgan fingerprint density at radius 3 is 2.13 bits per heavy atom. The Morgan fingerprint density at radius 2 is 1.52 bits per heavy atom. The molecule has 132 valence electrons. The largest absolute Gasteiger partial charge is 0.368 e. The average Bonchev–Trinajstić information content (AvgIpc) is 3.11. The van der Waals surface area contributed by atoms with Crippen molar-refractivity contribution in [2.24, 2.45) is 11.7 Å². The number of primary amides is 1. The number of carbonyl (C=O) groups excluding carboxylic acids is 1. The second-order valence-electron chi connectivity index (χ2n) is 8.01. The van der Waals surface area contributed by atoms with Gasteiger partial charge in [-0.2, -0.15) is 0 Å². The van der Waals surface area contributed by atoms with Crippen LogP contribution < -0.4 is 5.73 Å². The molecule has 3 aliphatic rings. The number of piperazine rings is 1. The maximum absolute atomic E-state index is 12.0. The van der Waals surface area contributed by atoms with E-state index in [0.717, 1.165) is 44.6 Å². The SMILES string of the molecule is NC(=O)C(CCC1CCCCC1)N1CCN(C2CCCC2)CC1. The third-order valence-electron chi connectivity index (χ3n) is 6.53. The Labute approximate surface area is 141 Å². The lowest BCUT2D eigenvalue weighted by Crippen LogP contribution is -2.55. The van der Waals surface area contributed by atoms with Crippen LogP contribution in [0.25, 0.3) is 0 Å². The third-order valence-corrected chi connectivity index (χ3v) is 6.53. The summed E-state index contributed by atoms with van der Waals surface area (Å²) >= 11 is 0. The van der Waals surface area contributed by atoms with E-state index in [-0.39, 0.29) is 11.9 Å². The van der Waals surface area contributed by atoms with Crippen LogP contribution >= 0.6 is 0 Å². The van der Waals surface area contributed by atoms with Gasteiger partial charge < -0.3 is 5.73 Å². The van der Waals surface area contributed by atoms with Crippen LogP contribution in [0.1, 0.15) is 70.6 Å². The smallest absolute Gasteiger partial charge is 0.234 e. The van der Waals surface area contributed by atoms with E-state index in [2.05, 4.69) is 9.80 Å². The first-order chi connectivity index (χ1) is 11.2. The first kappa shape index (κ1) is 17.2. The van der Waals surface area contributed by atoms with Crippen LogP contribution in [0, 0.1) is 5.92 Å². The van der Waals surface area contributed by atoms with Gasteiger partial charge in [-0.1, -0.05) is 44.9 Å². The van der Waals surface area contributed by atoms with Crippen LogP contribution in [0.15, 0.2) is 0 Å². The van der Waals surface area contributed by atoms with Crippen LogP contribution in [0.5, 0.6) is 0 Å². The molecule has 0 aromatic heterocycles. The number of nitrogens with zero attached hydrogens (tertiary/aromatic N) is 2. The lowest BCUT2D eigenvalue weighted by molar-refractivity contribution is -0.124. The Bertz CT molecular complexity index is 367. The second-order valence-corrected chi connectivity index (χ2v) is 8.01. The van der Waals surface area contributed by atoms with Gasteiger partial charge in [-0.3, -0.25) is 14.6 Å². The molecule has 4 nitrogen and oxygen atoms in total.